The third-order valence-corrected chi connectivity index (χ3v) is 3.13. The van der Waals surface area contributed by atoms with Crippen molar-refractivity contribution in [2.75, 3.05) is 14.1 Å². The number of carboxylic acid groups (broad SMARTS) is 1. The number of carboxylic acids is 1. The smallest absolute Gasteiger partial charge is 0.308 e. The number of hydrogen-bond acceptors (Lipinski definition) is 3. The van der Waals surface area contributed by atoms with Crippen molar-refractivity contribution in [1.29, 1.82) is 0 Å². The summed E-state index contributed by atoms with van der Waals surface area (Å²) in [6.45, 7) is 0. The molecule has 1 aliphatic carbocycles. The van der Waals surface area contributed by atoms with Crippen LogP contribution in [0.1, 0.15) is 29.4 Å². The van der Waals surface area contributed by atoms with Crippen molar-refractivity contribution in [3.05, 3.63) is 18.0 Å². The molecule has 2 atom stereocenters. The Morgan fingerprint density at radius 2 is 2.18 bits per heavy atom. The summed E-state index contributed by atoms with van der Waals surface area (Å²) in [5.74, 6) is -1.34. The fraction of sp³-hybridized carbons (Fsp3) is 0.545. The first-order chi connectivity index (χ1) is 8.00. The van der Waals surface area contributed by atoms with Crippen molar-refractivity contribution in [3.8, 4) is 0 Å². The fourth-order valence-corrected chi connectivity index (χ4v) is 1.95. The van der Waals surface area contributed by atoms with Crippen molar-refractivity contribution in [3.63, 3.8) is 0 Å². The lowest BCUT2D eigenvalue weighted by atomic mass is 9.80. The molecule has 1 N–H and O–H groups in total. The maximum Gasteiger partial charge on any atom is 0.308 e. The highest BCUT2D eigenvalue weighted by Crippen LogP contribution is 2.38. The molecule has 2 rings (SSSR count). The quantitative estimate of drug-likeness (QED) is 0.836. The van der Waals surface area contributed by atoms with E-state index in [0.29, 0.717) is 12.1 Å². The van der Waals surface area contributed by atoms with Crippen molar-refractivity contribution in [2.45, 2.75) is 18.9 Å². The van der Waals surface area contributed by atoms with Crippen LogP contribution < -0.4 is 0 Å². The van der Waals surface area contributed by atoms with Crippen LogP contribution in [0, 0.1) is 5.92 Å². The lowest BCUT2D eigenvalue weighted by Crippen LogP contribution is -2.35. The molecule has 0 aromatic carbocycles. The summed E-state index contributed by atoms with van der Waals surface area (Å²) in [5, 5.41) is 13.1. The molecule has 6 nitrogen and oxygen atoms in total. The molecule has 0 bridgehead atoms. The highest BCUT2D eigenvalue weighted by molar-refractivity contribution is 5.91. The second-order valence-corrected chi connectivity index (χ2v) is 4.47. The highest BCUT2D eigenvalue weighted by atomic mass is 16.4. The number of nitrogens with zero attached hydrogens (tertiary/aromatic N) is 3. The zero-order valence-electron chi connectivity index (χ0n) is 9.83. The molecule has 1 aliphatic rings. The van der Waals surface area contributed by atoms with E-state index in [1.54, 1.807) is 31.0 Å². The SMILES string of the molecule is CN(C)C(=O)c1ccn(C2CCC2C(=O)O)n1. The van der Waals surface area contributed by atoms with Crippen LogP contribution in [0.3, 0.4) is 0 Å². The molecular formula is C11H15N3O3. The van der Waals surface area contributed by atoms with E-state index in [9.17, 15) is 9.59 Å². The van der Waals surface area contributed by atoms with Gasteiger partial charge in [-0.05, 0) is 18.9 Å². The minimum atomic E-state index is -0.794. The Kier molecular flexibility index (Phi) is 2.87. The van der Waals surface area contributed by atoms with Gasteiger partial charge in [0.05, 0.1) is 12.0 Å². The van der Waals surface area contributed by atoms with Crippen LogP contribution in [0.4, 0.5) is 0 Å². The van der Waals surface area contributed by atoms with Gasteiger partial charge in [-0.25, -0.2) is 0 Å². The molecule has 17 heavy (non-hydrogen) atoms. The van der Waals surface area contributed by atoms with E-state index in [1.807, 2.05) is 0 Å². The summed E-state index contributed by atoms with van der Waals surface area (Å²) in [5.41, 5.74) is 0.353. The Labute approximate surface area is 98.8 Å². The Balaban J connectivity index is 2.14. The number of carbonyl (C=O) groups excluding carboxylic acids is 1. The number of aliphatic carboxylic acids is 1. The zero-order valence-corrected chi connectivity index (χ0v) is 9.83. The Hall–Kier alpha value is -1.85. The van der Waals surface area contributed by atoms with Gasteiger partial charge in [0.1, 0.15) is 5.69 Å². The van der Waals surface area contributed by atoms with Gasteiger partial charge in [-0.3, -0.25) is 14.3 Å². The lowest BCUT2D eigenvalue weighted by molar-refractivity contribution is -0.147. The highest BCUT2D eigenvalue weighted by Gasteiger charge is 2.38. The summed E-state index contributed by atoms with van der Waals surface area (Å²) in [7, 11) is 3.31. The van der Waals surface area contributed by atoms with Crippen LogP contribution in [0.15, 0.2) is 12.3 Å². The summed E-state index contributed by atoms with van der Waals surface area (Å²) < 4.78 is 1.60. The fourth-order valence-electron chi connectivity index (χ4n) is 1.95. The Bertz CT molecular complexity index is 453. The molecule has 1 saturated carbocycles. The lowest BCUT2D eigenvalue weighted by Gasteiger charge is -2.33. The monoisotopic (exact) mass is 237 g/mol. The molecule has 2 unspecified atom stereocenters. The topological polar surface area (TPSA) is 75.4 Å². The molecule has 1 heterocycles. The molecule has 1 aromatic heterocycles. The van der Waals surface area contributed by atoms with Crippen molar-refractivity contribution >= 4 is 11.9 Å². The van der Waals surface area contributed by atoms with E-state index in [-0.39, 0.29) is 17.9 Å². The summed E-state index contributed by atoms with van der Waals surface area (Å²) in [6, 6.07) is 1.51. The van der Waals surface area contributed by atoms with E-state index in [2.05, 4.69) is 5.10 Å². The van der Waals surface area contributed by atoms with E-state index in [4.69, 9.17) is 5.11 Å². The van der Waals surface area contributed by atoms with Gasteiger partial charge in [0.15, 0.2) is 0 Å². The third kappa shape index (κ3) is 2.02. The van der Waals surface area contributed by atoms with Crippen LogP contribution in [0.25, 0.3) is 0 Å². The second-order valence-electron chi connectivity index (χ2n) is 4.47. The molecule has 0 saturated heterocycles. The summed E-state index contributed by atoms with van der Waals surface area (Å²) in [4.78, 5) is 24.0. The predicted octanol–water partition coefficient (Wildman–Crippen LogP) is 0.621. The predicted molar refractivity (Wildman–Crippen MR) is 59.6 cm³/mol. The number of hydrogen-bond donors (Lipinski definition) is 1. The standard InChI is InChI=1S/C11H15N3O3/c1-13(2)10(15)8-5-6-14(12-8)9-4-3-7(9)11(16)17/h5-7,9H,3-4H2,1-2H3,(H,16,17). The van der Waals surface area contributed by atoms with Gasteiger partial charge in [-0.2, -0.15) is 5.10 Å². The summed E-state index contributed by atoms with van der Waals surface area (Å²) in [6.07, 6.45) is 3.15. The van der Waals surface area contributed by atoms with Gasteiger partial charge in [-0.1, -0.05) is 0 Å². The molecule has 1 aromatic rings. The Morgan fingerprint density at radius 1 is 1.47 bits per heavy atom. The van der Waals surface area contributed by atoms with Gasteiger partial charge in [0.25, 0.3) is 5.91 Å². The Morgan fingerprint density at radius 3 is 2.65 bits per heavy atom. The average Bonchev–Trinajstić information content (AvgIpc) is 2.62. The van der Waals surface area contributed by atoms with Crippen molar-refractivity contribution < 1.29 is 14.7 Å². The minimum Gasteiger partial charge on any atom is -0.481 e. The molecule has 0 radical (unpaired) electrons. The zero-order chi connectivity index (χ0) is 12.6. The maximum absolute atomic E-state index is 11.6. The number of amides is 1. The molecule has 1 amide bonds. The molecule has 1 fully saturated rings. The van der Waals surface area contributed by atoms with Crippen LogP contribution >= 0.6 is 0 Å². The van der Waals surface area contributed by atoms with Gasteiger partial charge in [0, 0.05) is 20.3 Å². The normalized spacial score (nSPS) is 22.9. The average molecular weight is 237 g/mol. The second kappa shape index (κ2) is 4.20. The van der Waals surface area contributed by atoms with Gasteiger partial charge >= 0.3 is 5.97 Å². The molecule has 0 aliphatic heterocycles. The van der Waals surface area contributed by atoms with Crippen molar-refractivity contribution in [2.24, 2.45) is 5.92 Å². The van der Waals surface area contributed by atoms with Crippen molar-refractivity contribution in [1.82, 2.24) is 14.7 Å². The number of aromatic nitrogens is 2. The molecule has 6 heteroatoms. The van der Waals surface area contributed by atoms with E-state index in [0.717, 1.165) is 6.42 Å². The summed E-state index contributed by atoms with van der Waals surface area (Å²) >= 11 is 0. The van der Waals surface area contributed by atoms with E-state index in [1.165, 1.54) is 4.90 Å². The number of rotatable bonds is 3. The molecule has 92 valence electrons. The van der Waals surface area contributed by atoms with E-state index >= 15 is 0 Å². The largest absolute Gasteiger partial charge is 0.481 e. The number of carbonyl (C=O) groups is 2. The van der Waals surface area contributed by atoms with Crippen LogP contribution in [0.2, 0.25) is 0 Å². The first-order valence-corrected chi connectivity index (χ1v) is 5.50. The van der Waals surface area contributed by atoms with Crippen LogP contribution in [0.5, 0.6) is 0 Å². The first-order valence-electron chi connectivity index (χ1n) is 5.50. The van der Waals surface area contributed by atoms with E-state index < -0.39 is 5.97 Å². The molecule has 0 spiro atoms. The van der Waals surface area contributed by atoms with Gasteiger partial charge < -0.3 is 10.0 Å². The third-order valence-electron chi connectivity index (χ3n) is 3.13. The first kappa shape index (κ1) is 11.6. The molecular weight excluding hydrogens is 222 g/mol. The van der Waals surface area contributed by atoms with Gasteiger partial charge in [0.2, 0.25) is 0 Å². The van der Waals surface area contributed by atoms with Crippen LogP contribution in [-0.4, -0.2) is 45.8 Å². The van der Waals surface area contributed by atoms with Crippen LogP contribution in [-0.2, 0) is 4.79 Å². The minimum absolute atomic E-state index is 0.115. The maximum atomic E-state index is 11.6. The van der Waals surface area contributed by atoms with Gasteiger partial charge in [-0.15, -0.1) is 0 Å².